The smallest absolute Gasteiger partial charge is 0.203 e. The van der Waals surface area contributed by atoms with Crippen LogP contribution in [0.1, 0.15) is 11.4 Å². The van der Waals surface area contributed by atoms with Gasteiger partial charge in [-0.2, -0.15) is 0 Å². The lowest BCUT2D eigenvalue weighted by molar-refractivity contribution is 0.119. The Kier molecular flexibility index (Phi) is 4.35. The van der Waals surface area contributed by atoms with Crippen LogP contribution in [0.2, 0.25) is 0 Å². The molecule has 0 unspecified atom stereocenters. The number of aromatic nitrogens is 5. The molecule has 0 amide bonds. The van der Waals surface area contributed by atoms with E-state index < -0.39 is 0 Å². The first-order valence-corrected chi connectivity index (χ1v) is 8.15. The zero-order valence-electron chi connectivity index (χ0n) is 13.4. The lowest BCUT2D eigenvalue weighted by Gasteiger charge is -2.34. The van der Waals surface area contributed by atoms with E-state index in [0.29, 0.717) is 11.2 Å². The van der Waals surface area contributed by atoms with Gasteiger partial charge in [0.1, 0.15) is 11.8 Å². The van der Waals surface area contributed by atoms with Crippen molar-refractivity contribution < 1.29 is 0 Å². The SMILES string of the molecule is c1ccc(CN2CCN(Cc3nnc4ncncc4n3)CC2)cc1. The Hall–Kier alpha value is -2.51. The van der Waals surface area contributed by atoms with E-state index in [9.17, 15) is 0 Å². The van der Waals surface area contributed by atoms with E-state index in [4.69, 9.17) is 0 Å². The van der Waals surface area contributed by atoms with Gasteiger partial charge in [-0.3, -0.25) is 9.80 Å². The second kappa shape index (κ2) is 6.94. The molecule has 3 aromatic rings. The predicted molar refractivity (Wildman–Crippen MR) is 89.9 cm³/mol. The molecule has 0 bridgehead atoms. The van der Waals surface area contributed by atoms with Gasteiger partial charge in [0.05, 0.1) is 12.7 Å². The Morgan fingerprint density at radius 2 is 1.62 bits per heavy atom. The van der Waals surface area contributed by atoms with Crippen molar-refractivity contribution >= 4 is 11.2 Å². The second-order valence-corrected chi connectivity index (χ2v) is 6.00. The number of rotatable bonds is 4. The molecule has 122 valence electrons. The lowest BCUT2D eigenvalue weighted by atomic mass is 10.2. The minimum atomic E-state index is 0.543. The van der Waals surface area contributed by atoms with Crippen LogP contribution in [0.25, 0.3) is 11.2 Å². The molecule has 7 heteroatoms. The maximum Gasteiger partial charge on any atom is 0.203 e. The molecule has 0 radical (unpaired) electrons. The third-order valence-electron chi connectivity index (χ3n) is 4.26. The summed E-state index contributed by atoms with van der Waals surface area (Å²) in [6.07, 6.45) is 3.14. The Morgan fingerprint density at radius 1 is 0.875 bits per heavy atom. The van der Waals surface area contributed by atoms with E-state index in [2.05, 4.69) is 65.3 Å². The van der Waals surface area contributed by atoms with Crippen molar-refractivity contribution in [2.24, 2.45) is 0 Å². The van der Waals surface area contributed by atoms with Crippen LogP contribution in [-0.4, -0.2) is 61.1 Å². The lowest BCUT2D eigenvalue weighted by Crippen LogP contribution is -2.45. The number of hydrogen-bond acceptors (Lipinski definition) is 7. The van der Waals surface area contributed by atoms with Crippen LogP contribution in [0.15, 0.2) is 42.9 Å². The molecule has 0 saturated carbocycles. The van der Waals surface area contributed by atoms with Crippen molar-refractivity contribution in [1.82, 2.24) is 34.9 Å². The van der Waals surface area contributed by atoms with Gasteiger partial charge in [0.15, 0.2) is 5.82 Å². The molecule has 0 aliphatic carbocycles. The highest BCUT2D eigenvalue weighted by Gasteiger charge is 2.18. The first-order chi connectivity index (χ1) is 11.9. The Morgan fingerprint density at radius 3 is 2.42 bits per heavy atom. The van der Waals surface area contributed by atoms with Gasteiger partial charge < -0.3 is 0 Å². The van der Waals surface area contributed by atoms with Gasteiger partial charge in [0.25, 0.3) is 0 Å². The first kappa shape index (κ1) is 15.0. The molecule has 1 aromatic carbocycles. The standard InChI is InChI=1S/C17H19N7/c1-2-4-14(5-3-1)11-23-6-8-24(9-7-23)12-16-20-15-10-18-13-19-17(15)22-21-16/h1-5,10,13H,6-9,11-12H2. The van der Waals surface area contributed by atoms with Crippen LogP contribution >= 0.6 is 0 Å². The van der Waals surface area contributed by atoms with Gasteiger partial charge in [-0.05, 0) is 5.56 Å². The normalized spacial score (nSPS) is 16.5. The second-order valence-electron chi connectivity index (χ2n) is 6.00. The summed E-state index contributed by atoms with van der Waals surface area (Å²) in [6, 6.07) is 10.6. The molecule has 7 nitrogen and oxygen atoms in total. The monoisotopic (exact) mass is 321 g/mol. The molecule has 24 heavy (non-hydrogen) atoms. The zero-order chi connectivity index (χ0) is 16.2. The van der Waals surface area contributed by atoms with Crippen LogP contribution in [0.4, 0.5) is 0 Å². The minimum absolute atomic E-state index is 0.543. The molecule has 3 heterocycles. The summed E-state index contributed by atoms with van der Waals surface area (Å²) in [5, 5.41) is 8.30. The molecular weight excluding hydrogens is 302 g/mol. The van der Waals surface area contributed by atoms with Gasteiger partial charge in [0, 0.05) is 32.7 Å². The van der Waals surface area contributed by atoms with Crippen molar-refractivity contribution in [3.63, 3.8) is 0 Å². The summed E-state index contributed by atoms with van der Waals surface area (Å²) >= 11 is 0. The van der Waals surface area contributed by atoms with Crippen molar-refractivity contribution in [2.75, 3.05) is 26.2 Å². The molecule has 2 aromatic heterocycles. The molecule has 4 rings (SSSR count). The fraction of sp³-hybridized carbons (Fsp3) is 0.353. The number of fused-ring (bicyclic) bond motifs is 1. The maximum atomic E-state index is 4.50. The fourth-order valence-electron chi connectivity index (χ4n) is 2.95. The van der Waals surface area contributed by atoms with Crippen LogP contribution in [0.3, 0.4) is 0 Å². The minimum Gasteiger partial charge on any atom is -0.297 e. The van der Waals surface area contributed by atoms with Crippen LogP contribution in [0.5, 0.6) is 0 Å². The van der Waals surface area contributed by atoms with Crippen molar-refractivity contribution in [3.8, 4) is 0 Å². The molecule has 0 atom stereocenters. The summed E-state index contributed by atoms with van der Waals surface area (Å²) in [7, 11) is 0. The van der Waals surface area contributed by atoms with E-state index in [1.807, 2.05) is 0 Å². The molecule has 0 spiro atoms. The number of nitrogens with zero attached hydrogens (tertiary/aromatic N) is 7. The highest BCUT2D eigenvalue weighted by molar-refractivity contribution is 5.66. The van der Waals surface area contributed by atoms with Crippen molar-refractivity contribution in [3.05, 3.63) is 54.2 Å². The topological polar surface area (TPSA) is 70.9 Å². The Labute approximate surface area is 140 Å². The van der Waals surface area contributed by atoms with Crippen molar-refractivity contribution in [1.29, 1.82) is 0 Å². The largest absolute Gasteiger partial charge is 0.297 e. The summed E-state index contributed by atoms with van der Waals surface area (Å²) in [5.41, 5.74) is 2.61. The fourth-order valence-corrected chi connectivity index (χ4v) is 2.95. The van der Waals surface area contributed by atoms with Crippen LogP contribution in [-0.2, 0) is 13.1 Å². The van der Waals surface area contributed by atoms with Gasteiger partial charge in [-0.25, -0.2) is 15.0 Å². The van der Waals surface area contributed by atoms with Gasteiger partial charge >= 0.3 is 0 Å². The summed E-state index contributed by atoms with van der Waals surface area (Å²) in [4.78, 5) is 17.4. The number of piperazine rings is 1. The Bertz CT molecular complexity index is 800. The van der Waals surface area contributed by atoms with E-state index in [-0.39, 0.29) is 0 Å². The van der Waals surface area contributed by atoms with Gasteiger partial charge in [-0.1, -0.05) is 30.3 Å². The number of benzene rings is 1. The molecule has 0 N–H and O–H groups in total. The van der Waals surface area contributed by atoms with E-state index in [1.54, 1.807) is 6.20 Å². The molecule has 1 aliphatic heterocycles. The first-order valence-electron chi connectivity index (χ1n) is 8.15. The number of hydrogen-bond donors (Lipinski definition) is 0. The Balaban J connectivity index is 1.34. The van der Waals surface area contributed by atoms with E-state index in [0.717, 1.165) is 45.1 Å². The highest BCUT2D eigenvalue weighted by Crippen LogP contribution is 2.10. The summed E-state index contributed by atoms with van der Waals surface area (Å²) < 4.78 is 0. The third kappa shape index (κ3) is 3.52. The van der Waals surface area contributed by atoms with Crippen molar-refractivity contribution in [2.45, 2.75) is 13.1 Å². The molecule has 1 aliphatic rings. The average molecular weight is 321 g/mol. The van der Waals surface area contributed by atoms with Gasteiger partial charge in [0.2, 0.25) is 5.65 Å². The quantitative estimate of drug-likeness (QED) is 0.713. The average Bonchev–Trinajstić information content (AvgIpc) is 2.64. The van der Waals surface area contributed by atoms with E-state index >= 15 is 0 Å². The maximum absolute atomic E-state index is 4.50. The van der Waals surface area contributed by atoms with E-state index in [1.165, 1.54) is 11.9 Å². The van der Waals surface area contributed by atoms with Gasteiger partial charge in [-0.15, -0.1) is 10.2 Å². The molecular formula is C17H19N7. The third-order valence-corrected chi connectivity index (χ3v) is 4.26. The summed E-state index contributed by atoms with van der Waals surface area (Å²) in [5.74, 6) is 0.730. The molecule has 1 fully saturated rings. The summed E-state index contributed by atoms with van der Waals surface area (Å²) in [6.45, 7) is 5.87. The zero-order valence-corrected chi connectivity index (χ0v) is 13.4. The molecule has 1 saturated heterocycles. The predicted octanol–water partition coefficient (Wildman–Crippen LogP) is 1.13. The van der Waals surface area contributed by atoms with Crippen LogP contribution < -0.4 is 0 Å². The van der Waals surface area contributed by atoms with Crippen LogP contribution in [0, 0.1) is 0 Å². The highest BCUT2D eigenvalue weighted by atomic mass is 15.3.